The molecule has 8 heteroatoms. The summed E-state index contributed by atoms with van der Waals surface area (Å²) >= 11 is 6.82. The van der Waals surface area contributed by atoms with E-state index in [-0.39, 0.29) is 5.56 Å². The summed E-state index contributed by atoms with van der Waals surface area (Å²) in [6, 6.07) is 27.0. The molecule has 0 saturated carbocycles. The third-order valence-electron chi connectivity index (χ3n) is 5.63. The van der Waals surface area contributed by atoms with Crippen LogP contribution >= 0.6 is 31.9 Å². The molecular formula is C29H19Br2N3O3. The van der Waals surface area contributed by atoms with Crippen molar-refractivity contribution in [2.24, 2.45) is 5.10 Å². The molecule has 0 unspecified atom stereocenters. The van der Waals surface area contributed by atoms with Gasteiger partial charge in [0, 0.05) is 20.1 Å². The number of nitrogens with zero attached hydrogens (tertiary/aromatic N) is 3. The van der Waals surface area contributed by atoms with Gasteiger partial charge in [-0.1, -0.05) is 73.8 Å². The number of halogens is 2. The highest BCUT2D eigenvalue weighted by Crippen LogP contribution is 2.24. The first kappa shape index (κ1) is 24.8. The number of aromatic nitrogens is 2. The van der Waals surface area contributed by atoms with Crippen LogP contribution in [0.15, 0.2) is 110 Å². The van der Waals surface area contributed by atoms with Gasteiger partial charge in [0.15, 0.2) is 5.82 Å². The molecule has 1 heterocycles. The number of hydrogen-bond donors (Lipinski definition) is 0. The van der Waals surface area contributed by atoms with Crippen LogP contribution in [0.5, 0.6) is 5.75 Å². The average Bonchev–Trinajstić information content (AvgIpc) is 2.90. The molecule has 182 valence electrons. The Hall–Kier alpha value is -3.88. The lowest BCUT2D eigenvalue weighted by Crippen LogP contribution is -2.20. The number of fused-ring (bicyclic) bond motifs is 1. The van der Waals surface area contributed by atoms with Crippen LogP contribution in [0.2, 0.25) is 0 Å². The van der Waals surface area contributed by atoms with E-state index in [0.717, 1.165) is 20.1 Å². The Morgan fingerprint density at radius 2 is 1.62 bits per heavy atom. The van der Waals surface area contributed by atoms with Crippen LogP contribution in [-0.4, -0.2) is 21.8 Å². The van der Waals surface area contributed by atoms with E-state index in [2.05, 4.69) is 37.0 Å². The van der Waals surface area contributed by atoms with Gasteiger partial charge in [-0.25, -0.2) is 9.78 Å². The number of carbonyl (C=O) groups excluding carboxylic acids is 1. The van der Waals surface area contributed by atoms with Gasteiger partial charge in [-0.05, 0) is 61.5 Å². The number of para-hydroxylation sites is 1. The Kier molecular flexibility index (Phi) is 7.12. The van der Waals surface area contributed by atoms with E-state index in [1.165, 1.54) is 10.9 Å². The Morgan fingerprint density at radius 3 is 2.38 bits per heavy atom. The smallest absolute Gasteiger partial charge is 0.343 e. The average molecular weight is 617 g/mol. The molecule has 5 aromatic rings. The zero-order chi connectivity index (χ0) is 25.9. The SMILES string of the molecule is Cc1ccc(-c2nc3ccccc3c(=O)n2N=Cc2cc(Br)ccc2OC(=O)c2ccc(Br)cc2)cc1. The van der Waals surface area contributed by atoms with Crippen molar-refractivity contribution >= 4 is 54.9 Å². The molecule has 0 atom stereocenters. The van der Waals surface area contributed by atoms with Crippen LogP contribution < -0.4 is 10.3 Å². The minimum Gasteiger partial charge on any atom is -0.422 e. The number of hydrogen-bond acceptors (Lipinski definition) is 5. The lowest BCUT2D eigenvalue weighted by molar-refractivity contribution is 0.0734. The summed E-state index contributed by atoms with van der Waals surface area (Å²) in [4.78, 5) is 30.9. The van der Waals surface area contributed by atoms with Gasteiger partial charge in [-0.2, -0.15) is 9.78 Å². The van der Waals surface area contributed by atoms with Crippen molar-refractivity contribution in [1.29, 1.82) is 0 Å². The van der Waals surface area contributed by atoms with Crippen molar-refractivity contribution in [2.45, 2.75) is 6.92 Å². The Balaban J connectivity index is 1.58. The summed E-state index contributed by atoms with van der Waals surface area (Å²) in [6.07, 6.45) is 1.49. The molecule has 0 saturated heterocycles. The summed E-state index contributed by atoms with van der Waals surface area (Å²) in [5.41, 5.74) is 3.04. The van der Waals surface area contributed by atoms with E-state index in [4.69, 9.17) is 9.72 Å². The van der Waals surface area contributed by atoms with Gasteiger partial charge in [-0.3, -0.25) is 4.79 Å². The van der Waals surface area contributed by atoms with Crippen molar-refractivity contribution < 1.29 is 9.53 Å². The van der Waals surface area contributed by atoms with Gasteiger partial charge >= 0.3 is 5.97 Å². The van der Waals surface area contributed by atoms with E-state index in [0.29, 0.717) is 33.6 Å². The van der Waals surface area contributed by atoms with E-state index in [9.17, 15) is 9.59 Å². The molecule has 4 aromatic carbocycles. The second-order valence-corrected chi connectivity index (χ2v) is 10.1. The largest absolute Gasteiger partial charge is 0.422 e. The number of ether oxygens (including phenoxy) is 1. The maximum absolute atomic E-state index is 13.5. The molecule has 6 nitrogen and oxygen atoms in total. The summed E-state index contributed by atoms with van der Waals surface area (Å²) < 4.78 is 8.57. The summed E-state index contributed by atoms with van der Waals surface area (Å²) in [5.74, 6) is 0.205. The second kappa shape index (κ2) is 10.6. The summed E-state index contributed by atoms with van der Waals surface area (Å²) in [7, 11) is 0. The highest BCUT2D eigenvalue weighted by molar-refractivity contribution is 9.10. The zero-order valence-electron chi connectivity index (χ0n) is 19.6. The first-order valence-electron chi connectivity index (χ1n) is 11.3. The molecule has 0 aliphatic rings. The molecule has 0 aliphatic heterocycles. The molecule has 37 heavy (non-hydrogen) atoms. The summed E-state index contributed by atoms with van der Waals surface area (Å²) in [6.45, 7) is 1.99. The molecule has 5 rings (SSSR count). The first-order valence-corrected chi connectivity index (χ1v) is 12.9. The van der Waals surface area contributed by atoms with Crippen LogP contribution in [0.25, 0.3) is 22.3 Å². The highest BCUT2D eigenvalue weighted by Gasteiger charge is 2.14. The maximum atomic E-state index is 13.5. The van der Waals surface area contributed by atoms with Crippen molar-refractivity contribution in [3.63, 3.8) is 0 Å². The van der Waals surface area contributed by atoms with Gasteiger partial charge < -0.3 is 4.74 Å². The lowest BCUT2D eigenvalue weighted by atomic mass is 10.1. The first-order chi connectivity index (χ1) is 17.9. The molecule has 0 fully saturated rings. The van der Waals surface area contributed by atoms with Gasteiger partial charge in [0.05, 0.1) is 22.7 Å². The number of carbonyl (C=O) groups is 1. The van der Waals surface area contributed by atoms with Crippen LogP contribution in [0.1, 0.15) is 21.5 Å². The molecule has 0 radical (unpaired) electrons. The van der Waals surface area contributed by atoms with Crippen LogP contribution in [0.4, 0.5) is 0 Å². The predicted molar refractivity (Wildman–Crippen MR) is 152 cm³/mol. The third-order valence-corrected chi connectivity index (χ3v) is 6.65. The molecular weight excluding hydrogens is 598 g/mol. The van der Waals surface area contributed by atoms with E-state index < -0.39 is 5.97 Å². The molecule has 0 N–H and O–H groups in total. The fourth-order valence-corrected chi connectivity index (χ4v) is 4.34. The number of rotatable bonds is 5. The molecule has 0 aliphatic carbocycles. The van der Waals surface area contributed by atoms with Gasteiger partial charge in [0.25, 0.3) is 5.56 Å². The van der Waals surface area contributed by atoms with Gasteiger partial charge in [-0.15, -0.1) is 0 Å². The highest BCUT2D eigenvalue weighted by atomic mass is 79.9. The van der Waals surface area contributed by atoms with Crippen LogP contribution in [0.3, 0.4) is 0 Å². The Labute approximate surface area is 229 Å². The minimum atomic E-state index is -0.505. The van der Waals surface area contributed by atoms with Crippen molar-refractivity contribution in [3.8, 4) is 17.1 Å². The normalized spacial score (nSPS) is 11.2. The van der Waals surface area contributed by atoms with Crippen LogP contribution in [-0.2, 0) is 0 Å². The maximum Gasteiger partial charge on any atom is 0.343 e. The van der Waals surface area contributed by atoms with E-state index in [1.807, 2.05) is 37.3 Å². The third kappa shape index (κ3) is 5.45. The van der Waals surface area contributed by atoms with Crippen molar-refractivity contribution in [3.05, 3.63) is 127 Å². The van der Waals surface area contributed by atoms with Gasteiger partial charge in [0.1, 0.15) is 5.75 Å². The zero-order valence-corrected chi connectivity index (χ0v) is 22.7. The number of aryl methyl sites for hydroxylation is 1. The monoisotopic (exact) mass is 615 g/mol. The van der Waals surface area contributed by atoms with E-state index in [1.54, 1.807) is 60.7 Å². The standard InChI is InChI=1S/C29H19Br2N3O3/c1-18-6-8-19(9-7-18)27-33-25-5-3-2-4-24(25)28(35)34(27)32-17-21-16-23(31)14-15-26(21)37-29(36)20-10-12-22(30)13-11-20/h2-17H,1H3. The van der Waals surface area contributed by atoms with Gasteiger partial charge in [0.2, 0.25) is 0 Å². The molecule has 1 aromatic heterocycles. The summed E-state index contributed by atoms with van der Waals surface area (Å²) in [5, 5.41) is 4.97. The molecule has 0 spiro atoms. The quantitative estimate of drug-likeness (QED) is 0.121. The Bertz CT molecular complexity index is 1710. The van der Waals surface area contributed by atoms with Crippen molar-refractivity contribution in [2.75, 3.05) is 0 Å². The second-order valence-electron chi connectivity index (χ2n) is 8.26. The number of benzene rings is 4. The molecule has 0 amide bonds. The van der Waals surface area contributed by atoms with Crippen LogP contribution in [0, 0.1) is 6.92 Å². The minimum absolute atomic E-state index is 0.304. The number of esters is 1. The topological polar surface area (TPSA) is 73.6 Å². The fraction of sp³-hybridized carbons (Fsp3) is 0.0345. The lowest BCUT2D eigenvalue weighted by Gasteiger charge is -2.11. The fourth-order valence-electron chi connectivity index (χ4n) is 3.70. The Morgan fingerprint density at radius 1 is 0.919 bits per heavy atom. The van der Waals surface area contributed by atoms with E-state index >= 15 is 0 Å². The molecule has 0 bridgehead atoms. The predicted octanol–water partition coefficient (Wildman–Crippen LogP) is 7.00. The van der Waals surface area contributed by atoms with Crippen molar-refractivity contribution in [1.82, 2.24) is 9.66 Å².